The highest BCUT2D eigenvalue weighted by Crippen LogP contribution is 2.31. The Morgan fingerprint density at radius 3 is 2.78 bits per heavy atom. The molecule has 0 atom stereocenters. The van der Waals surface area contributed by atoms with Crippen molar-refractivity contribution in [3.8, 4) is 0 Å². The minimum atomic E-state index is 0.635. The van der Waals surface area contributed by atoms with E-state index in [0.29, 0.717) is 5.69 Å². The number of aryl methyl sites for hydroxylation is 1. The number of nitrogens with zero attached hydrogens (tertiary/aromatic N) is 1. The van der Waals surface area contributed by atoms with Gasteiger partial charge in [0.15, 0.2) is 0 Å². The van der Waals surface area contributed by atoms with Gasteiger partial charge in [0.05, 0.1) is 22.0 Å². The fraction of sp³-hybridized carbons (Fsp3) is 0.214. The number of rotatable bonds is 4. The Bertz CT molecular complexity index is 520. The Morgan fingerprint density at radius 1 is 1.28 bits per heavy atom. The number of benzene rings is 1. The number of hydrogen-bond acceptors (Lipinski definition) is 3. The molecule has 1 heterocycles. The molecule has 0 radical (unpaired) electrons. The molecule has 18 heavy (non-hydrogen) atoms. The maximum atomic E-state index is 5.94. The van der Waals surface area contributed by atoms with Crippen LogP contribution < -0.4 is 11.1 Å². The molecule has 0 fully saturated rings. The molecule has 0 unspecified atom stereocenters. The van der Waals surface area contributed by atoms with E-state index in [0.717, 1.165) is 28.7 Å². The molecule has 0 aliphatic heterocycles. The smallest absolute Gasteiger partial charge is 0.0794 e. The van der Waals surface area contributed by atoms with E-state index in [1.54, 1.807) is 12.4 Å². The molecule has 2 aromatic rings. The van der Waals surface area contributed by atoms with Gasteiger partial charge in [-0.25, -0.2) is 0 Å². The number of nitrogens with two attached hydrogens (primary N) is 1. The number of aromatic nitrogens is 1. The van der Waals surface area contributed by atoms with Crippen LogP contribution in [0, 0.1) is 0 Å². The summed E-state index contributed by atoms with van der Waals surface area (Å²) < 4.78 is 0.869. The third-order valence-electron chi connectivity index (χ3n) is 2.73. The Morgan fingerprint density at radius 2 is 2.06 bits per heavy atom. The van der Waals surface area contributed by atoms with E-state index in [-0.39, 0.29) is 0 Å². The molecule has 94 valence electrons. The van der Waals surface area contributed by atoms with Crippen molar-refractivity contribution >= 4 is 33.0 Å². The zero-order chi connectivity index (χ0) is 13.0. The van der Waals surface area contributed by atoms with Crippen molar-refractivity contribution in [3.63, 3.8) is 0 Å². The highest BCUT2D eigenvalue weighted by atomic mass is 79.9. The fourth-order valence-electron chi connectivity index (χ4n) is 1.85. The molecule has 0 saturated heterocycles. The molecule has 1 aromatic heterocycles. The lowest BCUT2D eigenvalue weighted by atomic mass is 10.1. The van der Waals surface area contributed by atoms with Crippen LogP contribution in [0.25, 0.3) is 0 Å². The number of halogens is 1. The predicted molar refractivity (Wildman–Crippen MR) is 80.1 cm³/mol. The van der Waals surface area contributed by atoms with Gasteiger partial charge in [0.2, 0.25) is 0 Å². The first-order valence-electron chi connectivity index (χ1n) is 5.96. The van der Waals surface area contributed by atoms with Gasteiger partial charge < -0.3 is 11.1 Å². The molecule has 4 heteroatoms. The Labute approximate surface area is 116 Å². The molecule has 3 nitrogen and oxygen atoms in total. The molecule has 0 aliphatic carbocycles. The van der Waals surface area contributed by atoms with Crippen molar-refractivity contribution in [1.82, 2.24) is 4.98 Å². The molecule has 0 spiro atoms. The second-order valence-corrected chi connectivity index (χ2v) is 4.97. The first-order chi connectivity index (χ1) is 8.72. The van der Waals surface area contributed by atoms with Gasteiger partial charge >= 0.3 is 0 Å². The SMILES string of the molecule is CCCc1ccccc1Nc1c(N)cncc1Br. The number of anilines is 3. The number of pyridine rings is 1. The fourth-order valence-corrected chi connectivity index (χ4v) is 2.29. The van der Waals surface area contributed by atoms with E-state index in [1.807, 2.05) is 6.07 Å². The van der Waals surface area contributed by atoms with Crippen LogP contribution in [0.3, 0.4) is 0 Å². The summed E-state index contributed by atoms with van der Waals surface area (Å²) in [5.74, 6) is 0. The van der Waals surface area contributed by atoms with E-state index < -0.39 is 0 Å². The average molecular weight is 306 g/mol. The van der Waals surface area contributed by atoms with Crippen molar-refractivity contribution < 1.29 is 0 Å². The molecule has 3 N–H and O–H groups in total. The van der Waals surface area contributed by atoms with Gasteiger partial charge in [-0.1, -0.05) is 31.5 Å². The lowest BCUT2D eigenvalue weighted by Crippen LogP contribution is -2.00. The van der Waals surface area contributed by atoms with Gasteiger partial charge in [0.25, 0.3) is 0 Å². The summed E-state index contributed by atoms with van der Waals surface area (Å²) in [6.07, 6.45) is 5.55. The third-order valence-corrected chi connectivity index (χ3v) is 3.33. The lowest BCUT2D eigenvalue weighted by molar-refractivity contribution is 0.923. The maximum Gasteiger partial charge on any atom is 0.0794 e. The number of para-hydroxylation sites is 1. The van der Waals surface area contributed by atoms with Gasteiger partial charge in [-0.2, -0.15) is 0 Å². The van der Waals surface area contributed by atoms with E-state index in [2.05, 4.69) is 51.4 Å². The van der Waals surface area contributed by atoms with Crippen molar-refractivity contribution in [1.29, 1.82) is 0 Å². The molecule has 0 aliphatic rings. The monoisotopic (exact) mass is 305 g/mol. The minimum absolute atomic E-state index is 0.635. The molecule has 0 bridgehead atoms. The van der Waals surface area contributed by atoms with Gasteiger partial charge in [-0.3, -0.25) is 4.98 Å². The molecule has 0 saturated carbocycles. The van der Waals surface area contributed by atoms with Crippen molar-refractivity contribution in [3.05, 3.63) is 46.7 Å². The van der Waals surface area contributed by atoms with Crippen LogP contribution in [-0.4, -0.2) is 4.98 Å². The third kappa shape index (κ3) is 2.82. The standard InChI is InChI=1S/C14H16BrN3/c1-2-5-10-6-3-4-7-13(10)18-14-11(15)8-17-9-12(14)16/h3-4,6-9H,2,5,16H2,1H3,(H,17,18). The molecule has 2 rings (SSSR count). The quantitative estimate of drug-likeness (QED) is 0.893. The van der Waals surface area contributed by atoms with Crippen molar-refractivity contribution in [2.75, 3.05) is 11.1 Å². The van der Waals surface area contributed by atoms with E-state index >= 15 is 0 Å². The number of nitrogens with one attached hydrogen (secondary N) is 1. The van der Waals surface area contributed by atoms with Crippen LogP contribution in [0.2, 0.25) is 0 Å². The van der Waals surface area contributed by atoms with Crippen LogP contribution in [0.5, 0.6) is 0 Å². The second-order valence-electron chi connectivity index (χ2n) is 4.12. The lowest BCUT2D eigenvalue weighted by Gasteiger charge is -2.14. The first kappa shape index (κ1) is 12.9. The van der Waals surface area contributed by atoms with Crippen LogP contribution in [0.4, 0.5) is 17.1 Å². The van der Waals surface area contributed by atoms with Crippen LogP contribution in [0.15, 0.2) is 41.1 Å². The summed E-state index contributed by atoms with van der Waals surface area (Å²) in [6.45, 7) is 2.17. The van der Waals surface area contributed by atoms with Crippen LogP contribution >= 0.6 is 15.9 Å². The van der Waals surface area contributed by atoms with Gasteiger partial charge in [0, 0.05) is 11.9 Å². The molecular formula is C14H16BrN3. The highest BCUT2D eigenvalue weighted by Gasteiger charge is 2.07. The van der Waals surface area contributed by atoms with E-state index in [9.17, 15) is 0 Å². The summed E-state index contributed by atoms with van der Waals surface area (Å²) in [4.78, 5) is 4.03. The topological polar surface area (TPSA) is 50.9 Å². The summed E-state index contributed by atoms with van der Waals surface area (Å²) in [5, 5.41) is 3.38. The maximum absolute atomic E-state index is 5.94. The first-order valence-corrected chi connectivity index (χ1v) is 6.75. The summed E-state index contributed by atoms with van der Waals surface area (Å²) in [7, 11) is 0. The highest BCUT2D eigenvalue weighted by molar-refractivity contribution is 9.10. The predicted octanol–water partition coefficient (Wildman–Crippen LogP) is 4.12. The van der Waals surface area contributed by atoms with Gasteiger partial charge in [0.1, 0.15) is 0 Å². The average Bonchev–Trinajstić information content (AvgIpc) is 2.36. The molecular weight excluding hydrogens is 290 g/mol. The molecule has 1 aromatic carbocycles. The van der Waals surface area contributed by atoms with E-state index in [1.165, 1.54) is 5.56 Å². The summed E-state index contributed by atoms with van der Waals surface area (Å²) in [6, 6.07) is 8.28. The van der Waals surface area contributed by atoms with Gasteiger partial charge in [-0.05, 0) is 34.0 Å². The van der Waals surface area contributed by atoms with Crippen molar-refractivity contribution in [2.24, 2.45) is 0 Å². The minimum Gasteiger partial charge on any atom is -0.396 e. The summed E-state index contributed by atoms with van der Waals surface area (Å²) in [5.41, 5.74) is 9.83. The van der Waals surface area contributed by atoms with E-state index in [4.69, 9.17) is 5.73 Å². The summed E-state index contributed by atoms with van der Waals surface area (Å²) >= 11 is 3.46. The van der Waals surface area contributed by atoms with Crippen LogP contribution in [-0.2, 0) is 6.42 Å². The zero-order valence-corrected chi connectivity index (χ0v) is 11.9. The Hall–Kier alpha value is -1.55. The van der Waals surface area contributed by atoms with Gasteiger partial charge in [-0.15, -0.1) is 0 Å². The zero-order valence-electron chi connectivity index (χ0n) is 10.3. The molecule has 0 amide bonds. The second kappa shape index (κ2) is 5.87. The normalized spacial score (nSPS) is 10.3. The van der Waals surface area contributed by atoms with Crippen molar-refractivity contribution in [2.45, 2.75) is 19.8 Å². The largest absolute Gasteiger partial charge is 0.396 e. The Balaban J connectivity index is 2.34. The Kier molecular flexibility index (Phi) is 4.20. The van der Waals surface area contributed by atoms with Crippen LogP contribution in [0.1, 0.15) is 18.9 Å². The number of nitrogen functional groups attached to an aromatic ring is 1. The number of hydrogen-bond donors (Lipinski definition) is 2.